The summed E-state index contributed by atoms with van der Waals surface area (Å²) in [5.74, 6) is -0.350. The number of hydrogen-bond donors (Lipinski definition) is 1. The van der Waals surface area contributed by atoms with E-state index < -0.39 is 12.4 Å². The zero-order valence-electron chi connectivity index (χ0n) is 14.4. The maximum atomic E-state index is 12.4. The Labute approximate surface area is 157 Å². The van der Waals surface area contributed by atoms with Gasteiger partial charge in [0.1, 0.15) is 10.8 Å². The number of nitrogens with zero attached hydrogens (tertiary/aromatic N) is 2. The summed E-state index contributed by atoms with van der Waals surface area (Å²) in [6, 6.07) is 12.0. The normalized spacial score (nSPS) is 12.6. The third-order valence-electron chi connectivity index (χ3n) is 3.91. The molecular formula is C18H16F3N3O2S. The van der Waals surface area contributed by atoms with Crippen LogP contribution in [0.4, 0.5) is 23.7 Å². The van der Waals surface area contributed by atoms with E-state index >= 15 is 0 Å². The summed E-state index contributed by atoms with van der Waals surface area (Å²) >= 11 is 1.51. The van der Waals surface area contributed by atoms with Crippen LogP contribution in [0.2, 0.25) is 0 Å². The average molecular weight is 395 g/mol. The van der Waals surface area contributed by atoms with E-state index in [1.54, 1.807) is 7.05 Å². The van der Waals surface area contributed by atoms with Gasteiger partial charge in [-0.25, -0.2) is 9.78 Å². The Bertz CT molecular complexity index is 908. The number of anilines is 1. The van der Waals surface area contributed by atoms with Crippen molar-refractivity contribution >= 4 is 33.3 Å². The first-order valence-corrected chi connectivity index (χ1v) is 8.80. The molecular weight excluding hydrogens is 379 g/mol. The van der Waals surface area contributed by atoms with Gasteiger partial charge in [-0.3, -0.25) is 0 Å². The van der Waals surface area contributed by atoms with Crippen molar-refractivity contribution in [3.8, 4) is 5.75 Å². The molecule has 0 aliphatic carbocycles. The van der Waals surface area contributed by atoms with Crippen LogP contribution in [-0.4, -0.2) is 29.3 Å². The number of rotatable bonds is 4. The van der Waals surface area contributed by atoms with Gasteiger partial charge in [0.05, 0.1) is 16.3 Å². The van der Waals surface area contributed by atoms with Crippen LogP contribution in [0.15, 0.2) is 48.5 Å². The summed E-state index contributed by atoms with van der Waals surface area (Å²) in [7, 11) is 1.63. The number of fused-ring (bicyclic) bond motifs is 1. The summed E-state index contributed by atoms with van der Waals surface area (Å²) in [5.41, 5.74) is 1.23. The Morgan fingerprint density at radius 2 is 1.85 bits per heavy atom. The van der Waals surface area contributed by atoms with Gasteiger partial charge in [-0.2, -0.15) is 0 Å². The van der Waals surface area contributed by atoms with Gasteiger partial charge in [-0.1, -0.05) is 12.1 Å². The Morgan fingerprint density at radius 1 is 1.19 bits per heavy atom. The molecule has 3 rings (SSSR count). The van der Waals surface area contributed by atoms with Crippen LogP contribution in [0.3, 0.4) is 0 Å². The number of carbonyl (C=O) groups is 1. The number of halogens is 3. The number of amides is 2. The fourth-order valence-corrected chi connectivity index (χ4v) is 3.42. The second kappa shape index (κ2) is 7.43. The lowest BCUT2D eigenvalue weighted by molar-refractivity contribution is -0.274. The van der Waals surface area contributed by atoms with Crippen LogP contribution in [0, 0.1) is 0 Å². The number of hydrogen-bond acceptors (Lipinski definition) is 4. The molecule has 1 aromatic heterocycles. The van der Waals surface area contributed by atoms with Crippen LogP contribution in [-0.2, 0) is 0 Å². The van der Waals surface area contributed by atoms with E-state index in [1.165, 1.54) is 28.4 Å². The molecule has 1 N–H and O–H groups in total. The number of ether oxygens (including phenoxy) is 1. The molecule has 3 aromatic rings. The topological polar surface area (TPSA) is 54.5 Å². The lowest BCUT2D eigenvalue weighted by Gasteiger charge is -2.23. The fourth-order valence-electron chi connectivity index (χ4n) is 2.36. The second-order valence-electron chi connectivity index (χ2n) is 5.81. The highest BCUT2D eigenvalue weighted by molar-refractivity contribution is 7.18. The highest BCUT2D eigenvalue weighted by Crippen LogP contribution is 2.29. The predicted octanol–water partition coefficient (Wildman–Crippen LogP) is 5.42. The number of alkyl halides is 3. The Kier molecular flexibility index (Phi) is 5.22. The lowest BCUT2D eigenvalue weighted by atomic mass is 10.3. The number of benzene rings is 2. The number of para-hydroxylation sites is 1. The molecule has 2 amide bonds. The van der Waals surface area contributed by atoms with Crippen LogP contribution in [0.5, 0.6) is 5.75 Å². The van der Waals surface area contributed by atoms with Crippen molar-refractivity contribution in [3.63, 3.8) is 0 Å². The monoisotopic (exact) mass is 395 g/mol. The lowest BCUT2D eigenvalue weighted by Crippen LogP contribution is -2.33. The predicted molar refractivity (Wildman–Crippen MR) is 97.9 cm³/mol. The van der Waals surface area contributed by atoms with E-state index in [9.17, 15) is 18.0 Å². The van der Waals surface area contributed by atoms with E-state index in [4.69, 9.17) is 0 Å². The minimum absolute atomic E-state index is 0.268. The molecule has 0 fully saturated rings. The van der Waals surface area contributed by atoms with E-state index in [-0.39, 0.29) is 11.8 Å². The standard InChI is InChI=1S/C18H16F3N3O2S/c1-11(16-23-14-5-3-4-6-15(14)27-16)24(2)17(25)22-12-7-9-13(10-8-12)26-18(19,20)21/h3-11H,1-2H3,(H,22,25). The molecule has 9 heteroatoms. The quantitative estimate of drug-likeness (QED) is 0.642. The summed E-state index contributed by atoms with van der Waals surface area (Å²) in [6.45, 7) is 1.86. The highest BCUT2D eigenvalue weighted by Gasteiger charge is 2.31. The van der Waals surface area contributed by atoms with E-state index in [0.717, 1.165) is 27.4 Å². The minimum Gasteiger partial charge on any atom is -0.406 e. The third-order valence-corrected chi connectivity index (χ3v) is 5.11. The van der Waals surface area contributed by atoms with Gasteiger partial charge < -0.3 is 15.0 Å². The number of thiazole rings is 1. The molecule has 0 aliphatic heterocycles. The van der Waals surface area contributed by atoms with Gasteiger partial charge >= 0.3 is 12.4 Å². The molecule has 0 saturated carbocycles. The van der Waals surface area contributed by atoms with Crippen molar-refractivity contribution in [2.75, 3.05) is 12.4 Å². The smallest absolute Gasteiger partial charge is 0.406 e. The van der Waals surface area contributed by atoms with Gasteiger partial charge in [0.15, 0.2) is 0 Å². The van der Waals surface area contributed by atoms with Crippen molar-refractivity contribution in [2.24, 2.45) is 0 Å². The van der Waals surface area contributed by atoms with E-state index in [0.29, 0.717) is 5.69 Å². The van der Waals surface area contributed by atoms with Crippen LogP contribution >= 0.6 is 11.3 Å². The first kappa shape index (κ1) is 19.0. The first-order chi connectivity index (χ1) is 12.7. The number of aromatic nitrogens is 1. The molecule has 1 atom stereocenters. The molecule has 1 unspecified atom stereocenters. The number of nitrogens with one attached hydrogen (secondary N) is 1. The zero-order valence-corrected chi connectivity index (χ0v) is 15.3. The van der Waals surface area contributed by atoms with Crippen molar-refractivity contribution < 1.29 is 22.7 Å². The SMILES string of the molecule is CC(c1nc2ccccc2s1)N(C)C(=O)Nc1ccc(OC(F)(F)F)cc1. The van der Waals surface area contributed by atoms with Crippen molar-refractivity contribution in [1.29, 1.82) is 0 Å². The van der Waals surface area contributed by atoms with E-state index in [2.05, 4.69) is 15.0 Å². The van der Waals surface area contributed by atoms with Gasteiger partial charge in [-0.05, 0) is 43.3 Å². The molecule has 1 heterocycles. The summed E-state index contributed by atoms with van der Waals surface area (Å²) in [6.07, 6.45) is -4.75. The third kappa shape index (κ3) is 4.68. The van der Waals surface area contributed by atoms with Crippen molar-refractivity contribution in [3.05, 3.63) is 53.5 Å². The molecule has 0 saturated heterocycles. The maximum Gasteiger partial charge on any atom is 0.573 e. The van der Waals surface area contributed by atoms with Gasteiger partial charge in [0.25, 0.3) is 0 Å². The highest BCUT2D eigenvalue weighted by atomic mass is 32.1. The summed E-state index contributed by atoms with van der Waals surface area (Å²) in [5, 5.41) is 3.44. The molecule has 0 aliphatic rings. The van der Waals surface area contributed by atoms with Gasteiger partial charge in [0.2, 0.25) is 0 Å². The maximum absolute atomic E-state index is 12.4. The summed E-state index contributed by atoms with van der Waals surface area (Å²) < 4.78 is 41.4. The van der Waals surface area contributed by atoms with Crippen molar-refractivity contribution in [1.82, 2.24) is 9.88 Å². The molecule has 2 aromatic carbocycles. The second-order valence-corrected chi connectivity index (χ2v) is 6.87. The zero-order chi connectivity index (χ0) is 19.6. The largest absolute Gasteiger partial charge is 0.573 e. The fraction of sp³-hybridized carbons (Fsp3) is 0.222. The van der Waals surface area contributed by atoms with Crippen LogP contribution in [0.1, 0.15) is 18.0 Å². The minimum atomic E-state index is -4.75. The molecule has 0 spiro atoms. The van der Waals surface area contributed by atoms with Crippen molar-refractivity contribution in [2.45, 2.75) is 19.3 Å². The number of urea groups is 1. The van der Waals surface area contributed by atoms with E-state index in [1.807, 2.05) is 31.2 Å². The van der Waals surface area contributed by atoms with Crippen LogP contribution < -0.4 is 10.1 Å². The molecule has 5 nitrogen and oxygen atoms in total. The average Bonchev–Trinajstić information content (AvgIpc) is 3.05. The molecule has 0 radical (unpaired) electrons. The molecule has 0 bridgehead atoms. The van der Waals surface area contributed by atoms with Gasteiger partial charge in [-0.15, -0.1) is 24.5 Å². The number of carbonyl (C=O) groups excluding carboxylic acids is 1. The van der Waals surface area contributed by atoms with Crippen LogP contribution in [0.25, 0.3) is 10.2 Å². The Morgan fingerprint density at radius 3 is 2.48 bits per heavy atom. The molecule has 27 heavy (non-hydrogen) atoms. The molecule has 142 valence electrons. The first-order valence-electron chi connectivity index (χ1n) is 7.98. The Hall–Kier alpha value is -2.81. The van der Waals surface area contributed by atoms with Gasteiger partial charge in [0, 0.05) is 12.7 Å². The Balaban J connectivity index is 1.66. The summed E-state index contributed by atoms with van der Waals surface area (Å²) in [4.78, 5) is 18.5.